The molecule has 0 aromatic carbocycles. The van der Waals surface area contributed by atoms with Crippen LogP contribution >= 0.6 is 0 Å². The molecule has 0 aliphatic carbocycles. The Bertz CT molecular complexity index is 269. The van der Waals surface area contributed by atoms with Crippen LogP contribution in [0.5, 0.6) is 0 Å². The molecule has 0 bridgehead atoms. The Morgan fingerprint density at radius 2 is 2.07 bits per heavy atom. The number of nitrogens with zero attached hydrogens (tertiary/aromatic N) is 3. The fourth-order valence-electron chi connectivity index (χ4n) is 0.682. The van der Waals surface area contributed by atoms with Crippen LogP contribution in [-0.4, -0.2) is 37.3 Å². The van der Waals surface area contributed by atoms with Crippen molar-refractivity contribution < 1.29 is 9.53 Å². The van der Waals surface area contributed by atoms with Gasteiger partial charge in [-0.15, -0.1) is 0 Å². The van der Waals surface area contributed by atoms with E-state index in [9.17, 15) is 4.79 Å². The number of methoxy groups -OCH3 is 1. The van der Waals surface area contributed by atoms with Gasteiger partial charge in [0.2, 0.25) is 5.96 Å². The third-order valence-electron chi connectivity index (χ3n) is 1.33. The summed E-state index contributed by atoms with van der Waals surface area (Å²) < 4.78 is 4.53. The Labute approximate surface area is 83.8 Å². The van der Waals surface area contributed by atoms with Crippen LogP contribution in [0.25, 0.3) is 0 Å². The molecule has 0 aromatic heterocycles. The van der Waals surface area contributed by atoms with Crippen LogP contribution in [-0.2, 0) is 4.74 Å². The summed E-state index contributed by atoms with van der Waals surface area (Å²) in [6.07, 6.45) is 4.36. The first kappa shape index (κ1) is 12.3. The van der Waals surface area contributed by atoms with E-state index in [1.807, 2.05) is 6.92 Å². The molecular weight excluding hydrogens is 182 g/mol. The molecule has 0 saturated carbocycles. The van der Waals surface area contributed by atoms with Crippen molar-refractivity contribution in [2.24, 2.45) is 9.98 Å². The molecule has 0 rings (SSSR count). The molecule has 0 saturated heterocycles. The fraction of sp³-hybridized carbons (Fsp3) is 0.444. The zero-order valence-electron chi connectivity index (χ0n) is 8.89. The van der Waals surface area contributed by atoms with E-state index < -0.39 is 6.09 Å². The van der Waals surface area contributed by atoms with Gasteiger partial charge >= 0.3 is 6.09 Å². The van der Waals surface area contributed by atoms with Crippen molar-refractivity contribution in [3.05, 3.63) is 12.3 Å². The minimum atomic E-state index is -0.501. The van der Waals surface area contributed by atoms with Gasteiger partial charge in [0.25, 0.3) is 0 Å². The van der Waals surface area contributed by atoms with Crippen LogP contribution < -0.4 is 0 Å². The molecule has 1 amide bonds. The number of allylic oxidation sites excluding steroid dienone is 1. The average Bonchev–Trinajstić information content (AvgIpc) is 2.22. The standard InChI is InChI=1S/C9H15N3O2/c1-5-7-11-8(10-6-2)12(3)9(13)14-4/h5-7H,1-4H3/b7-5-,10-6-,11-8+. The molecule has 0 aliphatic rings. The third kappa shape index (κ3) is 3.84. The molecule has 0 N–H and O–H groups in total. The predicted octanol–water partition coefficient (Wildman–Crippen LogP) is 1.66. The largest absolute Gasteiger partial charge is 0.452 e. The second-order valence-electron chi connectivity index (χ2n) is 2.33. The summed E-state index contributed by atoms with van der Waals surface area (Å²) in [5.74, 6) is 0.289. The Morgan fingerprint density at radius 3 is 2.50 bits per heavy atom. The zero-order chi connectivity index (χ0) is 11.0. The number of guanidine groups is 1. The molecule has 0 spiro atoms. The molecule has 78 valence electrons. The number of rotatable bonds is 1. The average molecular weight is 197 g/mol. The van der Waals surface area contributed by atoms with Gasteiger partial charge in [-0.1, -0.05) is 6.08 Å². The Balaban J connectivity index is 4.73. The maximum atomic E-state index is 11.1. The lowest BCUT2D eigenvalue weighted by molar-refractivity contribution is 0.152. The van der Waals surface area contributed by atoms with Crippen molar-refractivity contribution in [2.45, 2.75) is 13.8 Å². The van der Waals surface area contributed by atoms with E-state index in [0.717, 1.165) is 0 Å². The highest BCUT2D eigenvalue weighted by molar-refractivity contribution is 5.97. The lowest BCUT2D eigenvalue weighted by Crippen LogP contribution is -2.31. The predicted molar refractivity (Wildman–Crippen MR) is 56.6 cm³/mol. The van der Waals surface area contributed by atoms with Crippen molar-refractivity contribution in [1.29, 1.82) is 0 Å². The highest BCUT2D eigenvalue weighted by atomic mass is 16.5. The SMILES string of the molecule is C\C=C/N=C(\N=C/C)N(C)C(=O)OC. The molecule has 0 aliphatic heterocycles. The third-order valence-corrected chi connectivity index (χ3v) is 1.33. The summed E-state index contributed by atoms with van der Waals surface area (Å²) in [5.41, 5.74) is 0. The highest BCUT2D eigenvalue weighted by Crippen LogP contribution is 1.94. The van der Waals surface area contributed by atoms with Gasteiger partial charge in [0.05, 0.1) is 7.11 Å². The van der Waals surface area contributed by atoms with Crippen LogP contribution in [0.2, 0.25) is 0 Å². The molecule has 0 aromatic rings. The highest BCUT2D eigenvalue weighted by Gasteiger charge is 2.12. The summed E-state index contributed by atoms with van der Waals surface area (Å²) in [6.45, 7) is 3.57. The summed E-state index contributed by atoms with van der Waals surface area (Å²) in [6, 6.07) is 0. The van der Waals surface area contributed by atoms with Gasteiger partial charge in [0, 0.05) is 19.5 Å². The van der Waals surface area contributed by atoms with E-state index in [0.29, 0.717) is 0 Å². The fourth-order valence-corrected chi connectivity index (χ4v) is 0.682. The van der Waals surface area contributed by atoms with Crippen molar-refractivity contribution in [1.82, 2.24) is 4.90 Å². The number of amides is 1. The molecule has 14 heavy (non-hydrogen) atoms. The molecule has 0 unspecified atom stereocenters. The topological polar surface area (TPSA) is 54.3 Å². The number of ether oxygens (including phenoxy) is 1. The van der Waals surface area contributed by atoms with E-state index in [4.69, 9.17) is 0 Å². The van der Waals surface area contributed by atoms with Gasteiger partial charge in [0.15, 0.2) is 0 Å². The summed E-state index contributed by atoms with van der Waals surface area (Å²) in [7, 11) is 2.85. The minimum Gasteiger partial charge on any atom is -0.452 e. The van der Waals surface area contributed by atoms with Gasteiger partial charge < -0.3 is 4.74 Å². The van der Waals surface area contributed by atoms with Crippen LogP contribution in [0.4, 0.5) is 4.79 Å². The van der Waals surface area contributed by atoms with Gasteiger partial charge in [-0.3, -0.25) is 0 Å². The number of hydrogen-bond donors (Lipinski definition) is 0. The molecule has 0 atom stereocenters. The van der Waals surface area contributed by atoms with Crippen LogP contribution in [0.1, 0.15) is 13.8 Å². The first-order valence-corrected chi connectivity index (χ1v) is 4.16. The monoisotopic (exact) mass is 197 g/mol. The number of hydrogen-bond acceptors (Lipinski definition) is 3. The molecule has 5 heteroatoms. The lowest BCUT2D eigenvalue weighted by atomic mass is 10.7. The first-order chi connectivity index (χ1) is 6.67. The van der Waals surface area contributed by atoms with Crippen molar-refractivity contribution >= 4 is 18.3 Å². The van der Waals surface area contributed by atoms with Gasteiger partial charge in [-0.05, 0) is 13.8 Å². The maximum absolute atomic E-state index is 11.1. The molecule has 5 nitrogen and oxygen atoms in total. The number of aliphatic imine (C=N–C) groups is 2. The summed E-state index contributed by atoms with van der Waals surface area (Å²) >= 11 is 0. The second-order valence-corrected chi connectivity index (χ2v) is 2.33. The van der Waals surface area contributed by atoms with Gasteiger partial charge in [-0.2, -0.15) is 0 Å². The van der Waals surface area contributed by atoms with Crippen molar-refractivity contribution in [2.75, 3.05) is 14.2 Å². The van der Waals surface area contributed by atoms with E-state index in [1.54, 1.807) is 32.5 Å². The summed E-state index contributed by atoms with van der Waals surface area (Å²) in [4.78, 5) is 20.2. The zero-order valence-corrected chi connectivity index (χ0v) is 8.89. The second kappa shape index (κ2) is 6.82. The quantitative estimate of drug-likeness (QED) is 0.474. The van der Waals surface area contributed by atoms with E-state index >= 15 is 0 Å². The van der Waals surface area contributed by atoms with Crippen LogP contribution in [0, 0.1) is 0 Å². The maximum Gasteiger partial charge on any atom is 0.416 e. The van der Waals surface area contributed by atoms with E-state index in [1.165, 1.54) is 12.0 Å². The molecule has 0 fully saturated rings. The molecule has 0 heterocycles. The minimum absolute atomic E-state index is 0.289. The Hall–Kier alpha value is -1.65. The number of carbonyl (C=O) groups excluding carboxylic acids is 1. The summed E-state index contributed by atoms with van der Waals surface area (Å²) in [5, 5.41) is 0. The van der Waals surface area contributed by atoms with E-state index in [-0.39, 0.29) is 5.96 Å². The number of carbonyl (C=O) groups is 1. The lowest BCUT2D eigenvalue weighted by Gasteiger charge is -2.13. The Kier molecular flexibility index (Phi) is 6.02. The van der Waals surface area contributed by atoms with Crippen molar-refractivity contribution in [3.8, 4) is 0 Å². The first-order valence-electron chi connectivity index (χ1n) is 4.16. The smallest absolute Gasteiger partial charge is 0.416 e. The van der Waals surface area contributed by atoms with Crippen molar-refractivity contribution in [3.63, 3.8) is 0 Å². The molecule has 0 radical (unpaired) electrons. The van der Waals surface area contributed by atoms with Crippen LogP contribution in [0.15, 0.2) is 22.3 Å². The van der Waals surface area contributed by atoms with Gasteiger partial charge in [-0.25, -0.2) is 19.7 Å². The van der Waals surface area contributed by atoms with Crippen LogP contribution in [0.3, 0.4) is 0 Å². The Morgan fingerprint density at radius 1 is 1.43 bits per heavy atom. The van der Waals surface area contributed by atoms with E-state index in [2.05, 4.69) is 14.7 Å². The van der Waals surface area contributed by atoms with Gasteiger partial charge in [0.1, 0.15) is 0 Å². The normalized spacial score (nSPS) is 12.4. The molecular formula is C9H15N3O2.